The van der Waals surface area contributed by atoms with Gasteiger partial charge in [0.2, 0.25) is 0 Å². The fourth-order valence-corrected chi connectivity index (χ4v) is 3.96. The highest BCUT2D eigenvalue weighted by Crippen LogP contribution is 2.20. The Hall–Kier alpha value is -2.95. The van der Waals surface area contributed by atoms with Crippen LogP contribution >= 0.6 is 0 Å². The molecule has 28 heavy (non-hydrogen) atoms. The van der Waals surface area contributed by atoms with Crippen LogP contribution in [0.1, 0.15) is 18.4 Å². The molecule has 1 aliphatic heterocycles. The van der Waals surface area contributed by atoms with Crippen LogP contribution in [0.15, 0.2) is 65.8 Å². The Morgan fingerprint density at radius 1 is 1.14 bits per heavy atom. The molecule has 3 aromatic rings. The van der Waals surface area contributed by atoms with Crippen LogP contribution in [0, 0.1) is 0 Å². The number of aliphatic imine (C=N–C) groups is 1. The van der Waals surface area contributed by atoms with E-state index >= 15 is 0 Å². The highest BCUT2D eigenvalue weighted by molar-refractivity contribution is 5.83. The molecule has 2 heterocycles. The van der Waals surface area contributed by atoms with Gasteiger partial charge in [-0.1, -0.05) is 36.4 Å². The Kier molecular flexibility index (Phi) is 5.80. The van der Waals surface area contributed by atoms with Crippen LogP contribution in [0.25, 0.3) is 10.9 Å². The molecule has 0 radical (unpaired) electrons. The lowest BCUT2D eigenvalue weighted by atomic mass is 10.1. The first-order valence-electron chi connectivity index (χ1n) is 10.2. The number of para-hydroxylation sites is 2. The largest absolute Gasteiger partial charge is 0.369 e. The summed E-state index contributed by atoms with van der Waals surface area (Å²) in [5.41, 5.74) is 3.90. The SMILES string of the molecule is CN=C(NCCCc1c[nH]c2ccccc12)NC1CCN(c2ccccc2)C1. The van der Waals surface area contributed by atoms with Crippen molar-refractivity contribution in [2.75, 3.05) is 31.6 Å². The van der Waals surface area contributed by atoms with Crippen molar-refractivity contribution >= 4 is 22.5 Å². The van der Waals surface area contributed by atoms with Gasteiger partial charge in [0.25, 0.3) is 0 Å². The predicted molar refractivity (Wildman–Crippen MR) is 118 cm³/mol. The minimum Gasteiger partial charge on any atom is -0.369 e. The smallest absolute Gasteiger partial charge is 0.191 e. The van der Waals surface area contributed by atoms with Gasteiger partial charge in [0, 0.05) is 55.5 Å². The van der Waals surface area contributed by atoms with E-state index in [0.29, 0.717) is 6.04 Å². The third-order valence-corrected chi connectivity index (χ3v) is 5.46. The van der Waals surface area contributed by atoms with Gasteiger partial charge in [-0.05, 0) is 43.0 Å². The predicted octanol–water partition coefficient (Wildman–Crippen LogP) is 3.54. The number of H-pyrrole nitrogens is 1. The fourth-order valence-electron chi connectivity index (χ4n) is 3.96. The maximum Gasteiger partial charge on any atom is 0.191 e. The lowest BCUT2D eigenvalue weighted by molar-refractivity contribution is 0.643. The first kappa shape index (κ1) is 18.4. The van der Waals surface area contributed by atoms with Crippen molar-refractivity contribution in [2.45, 2.75) is 25.3 Å². The molecule has 1 saturated heterocycles. The first-order valence-corrected chi connectivity index (χ1v) is 10.2. The molecule has 0 amide bonds. The monoisotopic (exact) mass is 375 g/mol. The Labute approximate surface area is 166 Å². The average molecular weight is 376 g/mol. The third-order valence-electron chi connectivity index (χ3n) is 5.46. The van der Waals surface area contributed by atoms with E-state index in [4.69, 9.17) is 0 Å². The van der Waals surface area contributed by atoms with Gasteiger partial charge in [0.05, 0.1) is 0 Å². The number of hydrogen-bond donors (Lipinski definition) is 3. The second-order valence-electron chi connectivity index (χ2n) is 7.37. The number of nitrogens with zero attached hydrogens (tertiary/aromatic N) is 2. The zero-order valence-electron chi connectivity index (χ0n) is 16.5. The van der Waals surface area contributed by atoms with E-state index in [1.807, 2.05) is 7.05 Å². The molecule has 146 valence electrons. The van der Waals surface area contributed by atoms with Crippen LogP contribution in [-0.4, -0.2) is 43.7 Å². The van der Waals surface area contributed by atoms with Gasteiger partial charge in [0.15, 0.2) is 5.96 Å². The number of nitrogens with one attached hydrogen (secondary N) is 3. The summed E-state index contributed by atoms with van der Waals surface area (Å²) in [6.07, 6.45) is 5.39. The van der Waals surface area contributed by atoms with Gasteiger partial charge in [-0.3, -0.25) is 4.99 Å². The van der Waals surface area contributed by atoms with Crippen molar-refractivity contribution in [2.24, 2.45) is 4.99 Å². The summed E-state index contributed by atoms with van der Waals surface area (Å²) in [6, 6.07) is 19.6. The van der Waals surface area contributed by atoms with Gasteiger partial charge in [0.1, 0.15) is 0 Å². The number of fused-ring (bicyclic) bond motifs is 1. The van der Waals surface area contributed by atoms with Crippen LogP contribution in [0.4, 0.5) is 5.69 Å². The van der Waals surface area contributed by atoms with Crippen LogP contribution in [0.3, 0.4) is 0 Å². The third kappa shape index (κ3) is 4.30. The summed E-state index contributed by atoms with van der Waals surface area (Å²) in [7, 11) is 1.85. The second-order valence-corrected chi connectivity index (χ2v) is 7.37. The van der Waals surface area contributed by atoms with E-state index in [0.717, 1.165) is 44.9 Å². The molecule has 5 heteroatoms. The Balaban J connectivity index is 1.22. The van der Waals surface area contributed by atoms with Crippen molar-refractivity contribution in [1.29, 1.82) is 0 Å². The quantitative estimate of drug-likeness (QED) is 0.351. The zero-order valence-corrected chi connectivity index (χ0v) is 16.5. The van der Waals surface area contributed by atoms with Crippen molar-refractivity contribution in [3.8, 4) is 0 Å². The number of aryl methyl sites for hydroxylation is 1. The normalized spacial score (nSPS) is 17.2. The maximum atomic E-state index is 4.40. The molecule has 0 bridgehead atoms. The Morgan fingerprint density at radius 3 is 2.82 bits per heavy atom. The number of anilines is 1. The van der Waals surface area contributed by atoms with E-state index in [1.54, 1.807) is 0 Å². The molecule has 2 aromatic carbocycles. The molecule has 1 fully saturated rings. The molecule has 1 atom stereocenters. The van der Waals surface area contributed by atoms with Crippen molar-refractivity contribution in [1.82, 2.24) is 15.6 Å². The highest BCUT2D eigenvalue weighted by Gasteiger charge is 2.23. The molecule has 1 aliphatic rings. The number of hydrogen-bond acceptors (Lipinski definition) is 2. The molecule has 3 N–H and O–H groups in total. The summed E-state index contributed by atoms with van der Waals surface area (Å²) in [5.74, 6) is 0.902. The molecule has 1 unspecified atom stereocenters. The van der Waals surface area contributed by atoms with Gasteiger partial charge in [-0.2, -0.15) is 0 Å². The topological polar surface area (TPSA) is 55.5 Å². The summed E-state index contributed by atoms with van der Waals surface area (Å²) in [6.45, 7) is 3.01. The highest BCUT2D eigenvalue weighted by atomic mass is 15.2. The number of benzene rings is 2. The van der Waals surface area contributed by atoms with Crippen LogP contribution in [0.5, 0.6) is 0 Å². The molecule has 0 saturated carbocycles. The molecule has 0 spiro atoms. The van der Waals surface area contributed by atoms with Gasteiger partial charge < -0.3 is 20.5 Å². The molecule has 5 nitrogen and oxygen atoms in total. The van der Waals surface area contributed by atoms with E-state index < -0.39 is 0 Å². The minimum absolute atomic E-state index is 0.431. The van der Waals surface area contributed by atoms with Crippen molar-refractivity contribution in [3.05, 3.63) is 66.4 Å². The van der Waals surface area contributed by atoms with E-state index in [9.17, 15) is 0 Å². The van der Waals surface area contributed by atoms with Crippen LogP contribution in [0.2, 0.25) is 0 Å². The van der Waals surface area contributed by atoms with Crippen LogP contribution in [-0.2, 0) is 6.42 Å². The van der Waals surface area contributed by atoms with E-state index in [-0.39, 0.29) is 0 Å². The summed E-state index contributed by atoms with van der Waals surface area (Å²) in [4.78, 5) is 10.2. The molecule has 0 aliphatic carbocycles. The molecular weight excluding hydrogens is 346 g/mol. The van der Waals surface area contributed by atoms with Gasteiger partial charge in [-0.25, -0.2) is 0 Å². The Morgan fingerprint density at radius 2 is 1.96 bits per heavy atom. The van der Waals surface area contributed by atoms with Gasteiger partial charge >= 0.3 is 0 Å². The lowest BCUT2D eigenvalue weighted by Crippen LogP contribution is -2.44. The minimum atomic E-state index is 0.431. The van der Waals surface area contributed by atoms with Crippen molar-refractivity contribution in [3.63, 3.8) is 0 Å². The first-order chi connectivity index (χ1) is 13.8. The van der Waals surface area contributed by atoms with E-state index in [1.165, 1.54) is 22.2 Å². The maximum absolute atomic E-state index is 4.40. The number of aromatic amines is 1. The second kappa shape index (κ2) is 8.83. The molecule has 1 aromatic heterocycles. The standard InChI is InChI=1S/C23H29N5/c1-24-23(27-19-13-15-28(17-19)20-9-3-2-4-10-20)25-14-7-8-18-16-26-22-12-6-5-11-21(18)22/h2-6,9-12,16,19,26H,7-8,13-15,17H2,1H3,(H2,24,25,27). The average Bonchev–Trinajstić information content (AvgIpc) is 3.38. The molecule has 4 rings (SSSR count). The number of aromatic nitrogens is 1. The van der Waals surface area contributed by atoms with E-state index in [2.05, 4.69) is 86.3 Å². The lowest BCUT2D eigenvalue weighted by Gasteiger charge is -2.20. The Bertz CT molecular complexity index is 915. The van der Waals surface area contributed by atoms with Crippen LogP contribution < -0.4 is 15.5 Å². The summed E-state index contributed by atoms with van der Waals surface area (Å²) < 4.78 is 0. The zero-order chi connectivity index (χ0) is 19.2. The fraction of sp³-hybridized carbons (Fsp3) is 0.348. The summed E-state index contributed by atoms with van der Waals surface area (Å²) in [5, 5.41) is 8.38. The number of rotatable bonds is 6. The van der Waals surface area contributed by atoms with Gasteiger partial charge in [-0.15, -0.1) is 0 Å². The van der Waals surface area contributed by atoms with Crippen molar-refractivity contribution < 1.29 is 0 Å². The molecular formula is C23H29N5. The number of guanidine groups is 1. The summed E-state index contributed by atoms with van der Waals surface area (Å²) >= 11 is 0.